The van der Waals surface area contributed by atoms with Crippen LogP contribution in [0.1, 0.15) is 23.1 Å². The van der Waals surface area contributed by atoms with Crippen molar-refractivity contribution in [2.75, 3.05) is 18.4 Å². The Bertz CT molecular complexity index is 951. The second kappa shape index (κ2) is 8.03. The van der Waals surface area contributed by atoms with Gasteiger partial charge in [-0.25, -0.2) is 9.18 Å². The number of halogens is 2. The number of likely N-dealkylation sites (tertiary alicyclic amines) is 1. The first kappa shape index (κ1) is 19.7. The highest BCUT2D eigenvalue weighted by molar-refractivity contribution is 6.31. The molecule has 29 heavy (non-hydrogen) atoms. The van der Waals surface area contributed by atoms with Crippen molar-refractivity contribution in [2.24, 2.45) is 0 Å². The lowest BCUT2D eigenvalue weighted by Crippen LogP contribution is -2.50. The maximum Gasteiger partial charge on any atom is 0.322 e. The van der Waals surface area contributed by atoms with E-state index in [1.54, 1.807) is 30.0 Å². The van der Waals surface area contributed by atoms with Gasteiger partial charge in [0.25, 0.3) is 0 Å². The van der Waals surface area contributed by atoms with E-state index in [9.17, 15) is 14.0 Å². The topological polar surface area (TPSA) is 52.7 Å². The largest absolute Gasteiger partial charge is 0.336 e. The Morgan fingerprint density at radius 1 is 1.14 bits per heavy atom. The van der Waals surface area contributed by atoms with Crippen molar-refractivity contribution < 1.29 is 14.0 Å². The van der Waals surface area contributed by atoms with Gasteiger partial charge >= 0.3 is 6.03 Å². The number of nitrogens with one attached hydrogen (secondary N) is 1. The molecule has 0 bridgehead atoms. The molecule has 0 spiro atoms. The monoisotopic (exact) mass is 415 g/mol. The van der Waals surface area contributed by atoms with Crippen molar-refractivity contribution in [2.45, 2.75) is 38.5 Å². The van der Waals surface area contributed by atoms with Gasteiger partial charge in [0.2, 0.25) is 5.91 Å². The third-order valence-electron chi connectivity index (χ3n) is 5.75. The van der Waals surface area contributed by atoms with Crippen LogP contribution in [0.3, 0.4) is 0 Å². The Labute approximate surface area is 174 Å². The summed E-state index contributed by atoms with van der Waals surface area (Å²) in [5.41, 5.74) is 3.63. The number of hydrogen-bond donors (Lipinski definition) is 1. The molecule has 7 heteroatoms. The van der Waals surface area contributed by atoms with Gasteiger partial charge in [-0.3, -0.25) is 4.79 Å². The van der Waals surface area contributed by atoms with E-state index in [-0.39, 0.29) is 18.9 Å². The summed E-state index contributed by atoms with van der Waals surface area (Å²) < 4.78 is 14.2. The standard InChI is InChI=1S/C22H23ClFN3O2/c1-14-18(23)7-4-8-19(14)25-22(29)27-13-17(24)11-20(27)21(28)26-10-9-15-5-2-3-6-16(15)12-26/h2-8,17,20H,9-13H2,1H3,(H,25,29)/t17-,20-/m0/s1. The molecule has 2 aromatic carbocycles. The number of hydrogen-bond acceptors (Lipinski definition) is 2. The Kier molecular flexibility index (Phi) is 5.46. The van der Waals surface area contributed by atoms with Crippen molar-refractivity contribution >= 4 is 29.2 Å². The number of nitrogens with zero attached hydrogens (tertiary/aromatic N) is 2. The normalized spacial score (nSPS) is 21.1. The van der Waals surface area contributed by atoms with E-state index < -0.39 is 18.2 Å². The summed E-state index contributed by atoms with van der Waals surface area (Å²) in [6, 6.07) is 12.0. The average molecular weight is 416 g/mol. The molecule has 2 atom stereocenters. The summed E-state index contributed by atoms with van der Waals surface area (Å²) in [6.45, 7) is 2.78. The van der Waals surface area contributed by atoms with Crippen LogP contribution in [0.25, 0.3) is 0 Å². The molecule has 0 aliphatic carbocycles. The summed E-state index contributed by atoms with van der Waals surface area (Å²) in [4.78, 5) is 29.1. The number of alkyl halides is 1. The summed E-state index contributed by atoms with van der Waals surface area (Å²) in [5, 5.41) is 3.32. The molecule has 152 valence electrons. The van der Waals surface area contributed by atoms with Gasteiger partial charge in [0.15, 0.2) is 0 Å². The van der Waals surface area contributed by atoms with Crippen molar-refractivity contribution in [1.82, 2.24) is 9.80 Å². The van der Waals surface area contributed by atoms with Gasteiger partial charge in [0, 0.05) is 30.2 Å². The predicted molar refractivity (Wildman–Crippen MR) is 111 cm³/mol. The molecule has 2 aliphatic heterocycles. The fourth-order valence-corrected chi connectivity index (χ4v) is 4.24. The number of anilines is 1. The van der Waals surface area contributed by atoms with E-state index in [4.69, 9.17) is 11.6 Å². The van der Waals surface area contributed by atoms with Gasteiger partial charge in [-0.1, -0.05) is 41.9 Å². The number of fused-ring (bicyclic) bond motifs is 1. The van der Waals surface area contributed by atoms with Gasteiger partial charge in [-0.2, -0.15) is 0 Å². The fourth-order valence-electron chi connectivity index (χ4n) is 4.07. The Hall–Kier alpha value is -2.60. The van der Waals surface area contributed by atoms with Crippen LogP contribution >= 0.6 is 11.6 Å². The molecule has 1 fully saturated rings. The van der Waals surface area contributed by atoms with Gasteiger partial charge < -0.3 is 15.1 Å². The molecular weight excluding hydrogens is 393 g/mol. The molecule has 1 saturated heterocycles. The zero-order valence-electron chi connectivity index (χ0n) is 16.2. The minimum absolute atomic E-state index is 0.0267. The van der Waals surface area contributed by atoms with Crippen molar-refractivity contribution in [3.8, 4) is 0 Å². The third kappa shape index (κ3) is 3.94. The van der Waals surface area contributed by atoms with E-state index in [2.05, 4.69) is 11.4 Å². The van der Waals surface area contributed by atoms with Crippen LogP contribution in [-0.4, -0.2) is 47.0 Å². The van der Waals surface area contributed by atoms with Crippen LogP contribution in [0, 0.1) is 6.92 Å². The lowest BCUT2D eigenvalue weighted by Gasteiger charge is -2.33. The maximum absolute atomic E-state index is 14.2. The first-order chi connectivity index (χ1) is 13.9. The number of carbonyl (C=O) groups is 2. The zero-order chi connectivity index (χ0) is 20.5. The van der Waals surface area contributed by atoms with E-state index in [0.29, 0.717) is 23.8 Å². The van der Waals surface area contributed by atoms with Gasteiger partial charge in [-0.05, 0) is 42.2 Å². The Balaban J connectivity index is 1.50. The molecule has 2 heterocycles. The van der Waals surface area contributed by atoms with Crippen LogP contribution in [-0.2, 0) is 17.8 Å². The number of rotatable bonds is 2. The van der Waals surface area contributed by atoms with E-state index in [1.807, 2.05) is 18.2 Å². The average Bonchev–Trinajstić information content (AvgIpc) is 3.12. The first-order valence-electron chi connectivity index (χ1n) is 9.76. The molecule has 0 unspecified atom stereocenters. The molecule has 0 radical (unpaired) electrons. The molecule has 1 N–H and O–H groups in total. The predicted octanol–water partition coefficient (Wildman–Crippen LogP) is 4.18. The molecule has 0 aromatic heterocycles. The van der Waals surface area contributed by atoms with E-state index >= 15 is 0 Å². The lowest BCUT2D eigenvalue weighted by molar-refractivity contribution is -0.136. The minimum Gasteiger partial charge on any atom is -0.336 e. The number of benzene rings is 2. The van der Waals surface area contributed by atoms with Crippen LogP contribution in [0.2, 0.25) is 5.02 Å². The third-order valence-corrected chi connectivity index (χ3v) is 6.16. The molecule has 2 aliphatic rings. The van der Waals surface area contributed by atoms with Crippen molar-refractivity contribution in [1.29, 1.82) is 0 Å². The number of carbonyl (C=O) groups excluding carboxylic acids is 2. The van der Waals surface area contributed by atoms with E-state index in [1.165, 1.54) is 10.5 Å². The highest BCUT2D eigenvalue weighted by atomic mass is 35.5. The number of amides is 3. The second-order valence-corrected chi connectivity index (χ2v) is 8.03. The molecule has 2 aromatic rings. The summed E-state index contributed by atoms with van der Waals surface area (Å²) in [6.07, 6.45) is -0.423. The fraction of sp³-hybridized carbons (Fsp3) is 0.364. The van der Waals surface area contributed by atoms with Gasteiger partial charge in [0.1, 0.15) is 12.2 Å². The highest BCUT2D eigenvalue weighted by Gasteiger charge is 2.42. The highest BCUT2D eigenvalue weighted by Crippen LogP contribution is 2.28. The van der Waals surface area contributed by atoms with Crippen molar-refractivity contribution in [3.05, 3.63) is 64.2 Å². The summed E-state index contributed by atoms with van der Waals surface area (Å²) >= 11 is 6.12. The Morgan fingerprint density at radius 2 is 1.90 bits per heavy atom. The van der Waals surface area contributed by atoms with Gasteiger partial charge in [-0.15, -0.1) is 0 Å². The molecule has 3 amide bonds. The quantitative estimate of drug-likeness (QED) is 0.800. The smallest absolute Gasteiger partial charge is 0.322 e. The van der Waals surface area contributed by atoms with Crippen LogP contribution < -0.4 is 5.32 Å². The minimum atomic E-state index is -1.22. The summed E-state index contributed by atoms with van der Waals surface area (Å²) in [5.74, 6) is -0.197. The maximum atomic E-state index is 14.2. The van der Waals surface area contributed by atoms with Crippen LogP contribution in [0.4, 0.5) is 14.9 Å². The molecule has 0 saturated carbocycles. The molecule has 5 nitrogen and oxygen atoms in total. The SMILES string of the molecule is Cc1c(Cl)cccc1NC(=O)N1C[C@@H](F)C[C@H]1C(=O)N1CCc2ccccc2C1. The molecule has 4 rings (SSSR count). The van der Waals surface area contributed by atoms with Crippen LogP contribution in [0.15, 0.2) is 42.5 Å². The van der Waals surface area contributed by atoms with Gasteiger partial charge in [0.05, 0.1) is 6.54 Å². The van der Waals surface area contributed by atoms with E-state index in [0.717, 1.165) is 17.5 Å². The summed E-state index contributed by atoms with van der Waals surface area (Å²) in [7, 11) is 0. The Morgan fingerprint density at radius 3 is 2.69 bits per heavy atom. The van der Waals surface area contributed by atoms with Crippen molar-refractivity contribution in [3.63, 3.8) is 0 Å². The molecular formula is C22H23ClFN3O2. The van der Waals surface area contributed by atoms with Crippen LogP contribution in [0.5, 0.6) is 0 Å². The lowest BCUT2D eigenvalue weighted by atomic mass is 9.99. The number of urea groups is 1. The zero-order valence-corrected chi connectivity index (χ0v) is 17.0. The second-order valence-electron chi connectivity index (χ2n) is 7.62. The first-order valence-corrected chi connectivity index (χ1v) is 10.1.